The van der Waals surface area contributed by atoms with E-state index in [0.717, 1.165) is 0 Å². The Bertz CT molecular complexity index is 30.6. The molecule has 0 atom stereocenters. The first-order valence-electron chi connectivity index (χ1n) is 0.408. The summed E-state index contributed by atoms with van der Waals surface area (Å²) < 4.78 is 17.0. The Morgan fingerprint density at radius 1 is 1.20 bits per heavy atom. The summed E-state index contributed by atoms with van der Waals surface area (Å²) in [4.78, 5) is 0. The fourth-order valence-electron chi connectivity index (χ4n) is 0. The van der Waals surface area contributed by atoms with E-state index in [9.17, 15) is 0 Å². The molecule has 2 nitrogen and oxygen atoms in total. The number of rotatable bonds is 0. The van der Waals surface area contributed by atoms with E-state index in [4.69, 9.17) is 6.65 Å². The molecule has 24 valence electrons. The van der Waals surface area contributed by atoms with Crippen LogP contribution in [0.25, 0.3) is 0 Å². The predicted molar refractivity (Wildman–Crippen MR) is 18.5 cm³/mol. The van der Waals surface area contributed by atoms with Crippen LogP contribution in [0.3, 0.4) is 0 Å². The summed E-state index contributed by atoms with van der Waals surface area (Å²) in [5, 5.41) is 0. The van der Waals surface area contributed by atoms with Gasteiger partial charge in [0.05, 0.1) is 0 Å². The van der Waals surface area contributed by atoms with Crippen molar-refractivity contribution in [2.24, 2.45) is 0 Å². The van der Waals surface area contributed by atoms with Crippen molar-refractivity contribution in [3.63, 3.8) is 0 Å². The van der Waals surface area contributed by atoms with E-state index in [0.29, 0.717) is 0 Å². The third-order valence-corrected chi connectivity index (χ3v) is 0. The monoisotopic (exact) mass is 160 g/mol. The molecule has 0 aliphatic heterocycles. The third-order valence-electron chi connectivity index (χ3n) is 0. The summed E-state index contributed by atoms with van der Waals surface area (Å²) in [6.07, 6.45) is 0. The summed E-state index contributed by atoms with van der Waals surface area (Å²) in [5.74, 6) is 0. The van der Waals surface area contributed by atoms with Crippen LogP contribution in [0.2, 0.25) is 0 Å². The maximum atomic E-state index is 8.50. The minimum atomic E-state index is -2.00. The van der Waals surface area contributed by atoms with Crippen LogP contribution in [0.1, 0.15) is 0 Å². The SMILES string of the molecule is [GaH3].[LiH].[O]=[Ti]=[O]. The zero-order chi connectivity index (χ0) is 2.71. The van der Waals surface area contributed by atoms with Crippen LogP contribution in [0.15, 0.2) is 0 Å². The van der Waals surface area contributed by atoms with Crippen molar-refractivity contribution in [1.82, 2.24) is 0 Å². The molecule has 0 saturated carbocycles. The summed E-state index contributed by atoms with van der Waals surface area (Å²) in [6.45, 7) is 0. The van der Waals surface area contributed by atoms with Gasteiger partial charge >= 0.3 is 64.4 Å². The van der Waals surface area contributed by atoms with Gasteiger partial charge in [0.1, 0.15) is 0 Å². The van der Waals surface area contributed by atoms with E-state index in [1.165, 1.54) is 0 Å². The number of hydrogen-bond acceptors (Lipinski definition) is 2. The molecule has 0 fully saturated rings. The average molecular weight is 161 g/mol. The van der Waals surface area contributed by atoms with Gasteiger partial charge in [-0.1, -0.05) is 0 Å². The quantitative estimate of drug-likeness (QED) is 0.382. The fraction of sp³-hybridized carbons (Fsp3) is 0. The normalized spacial score (nSPS) is 1.60. The summed E-state index contributed by atoms with van der Waals surface area (Å²) >= 11 is -2.00. The van der Waals surface area contributed by atoms with Gasteiger partial charge in [0.2, 0.25) is 0 Å². The van der Waals surface area contributed by atoms with Crippen LogP contribution in [0, 0.1) is 0 Å². The van der Waals surface area contributed by atoms with Crippen molar-refractivity contribution in [1.29, 1.82) is 0 Å². The van der Waals surface area contributed by atoms with Crippen molar-refractivity contribution in [3.05, 3.63) is 0 Å². The van der Waals surface area contributed by atoms with Gasteiger partial charge in [0.15, 0.2) is 0 Å². The third kappa shape index (κ3) is 29.1. The molecule has 0 aromatic heterocycles. The van der Waals surface area contributed by atoms with E-state index in [1.54, 1.807) is 0 Å². The first-order valence-corrected chi connectivity index (χ1v) is 1.68. The van der Waals surface area contributed by atoms with Crippen molar-refractivity contribution in [3.8, 4) is 0 Å². The zero-order valence-corrected chi connectivity index (χ0v) is 2.88. The Kier molecular flexibility index (Phi) is 56.6. The summed E-state index contributed by atoms with van der Waals surface area (Å²) in [5.41, 5.74) is 0. The fourth-order valence-corrected chi connectivity index (χ4v) is 0. The molecule has 0 radical (unpaired) electrons. The van der Waals surface area contributed by atoms with Crippen LogP contribution in [-0.4, -0.2) is 38.7 Å². The van der Waals surface area contributed by atoms with E-state index in [-0.39, 0.29) is 38.7 Å². The van der Waals surface area contributed by atoms with Crippen molar-refractivity contribution in [2.75, 3.05) is 0 Å². The molecule has 0 aromatic carbocycles. The summed E-state index contributed by atoms with van der Waals surface area (Å²) in [6, 6.07) is 0. The summed E-state index contributed by atoms with van der Waals surface area (Å²) in [7, 11) is 0. The molecule has 0 heterocycles. The zero-order valence-electron chi connectivity index (χ0n) is 1.32. The van der Waals surface area contributed by atoms with Gasteiger partial charge in [-0.25, -0.2) is 0 Å². The first-order chi connectivity index (χ1) is 1.41. The first kappa shape index (κ1) is 16.0. The second-order valence-electron chi connectivity index (χ2n) is 0.0833. The standard InChI is InChI=1S/Ga.Li.2O.Ti.4H. The van der Waals surface area contributed by atoms with E-state index >= 15 is 0 Å². The van der Waals surface area contributed by atoms with Crippen LogP contribution < -0.4 is 0 Å². The molecular weight excluding hydrogens is 157 g/mol. The van der Waals surface area contributed by atoms with Gasteiger partial charge in [-0.3, -0.25) is 0 Å². The molecular formula is H4GaLiO2Ti. The van der Waals surface area contributed by atoms with Crippen LogP contribution in [-0.2, 0) is 25.7 Å². The van der Waals surface area contributed by atoms with Crippen LogP contribution >= 0.6 is 0 Å². The Morgan fingerprint density at radius 2 is 1.20 bits per heavy atom. The molecule has 0 rings (SSSR count). The molecule has 0 bridgehead atoms. The Balaban J connectivity index is -0.0000000200. The van der Waals surface area contributed by atoms with Gasteiger partial charge in [0, 0.05) is 0 Å². The molecule has 0 saturated heterocycles. The Morgan fingerprint density at radius 3 is 1.20 bits per heavy atom. The molecule has 0 N–H and O–H groups in total. The molecule has 0 aliphatic rings. The van der Waals surface area contributed by atoms with Crippen molar-refractivity contribution < 1.29 is 25.7 Å². The van der Waals surface area contributed by atoms with E-state index < -0.39 is 19.1 Å². The maximum absolute atomic E-state index is 8.50. The van der Waals surface area contributed by atoms with E-state index in [2.05, 4.69) is 0 Å². The Labute approximate surface area is 63.9 Å². The Hall–Kier alpha value is 1.55. The second-order valence-corrected chi connectivity index (χ2v) is 0.344. The van der Waals surface area contributed by atoms with Gasteiger partial charge in [-0.05, 0) is 0 Å². The van der Waals surface area contributed by atoms with Gasteiger partial charge < -0.3 is 0 Å². The van der Waals surface area contributed by atoms with Crippen LogP contribution in [0.5, 0.6) is 0 Å². The molecule has 0 unspecified atom stereocenters. The number of hydrogen-bond donors (Lipinski definition) is 0. The molecule has 5 heavy (non-hydrogen) atoms. The molecule has 0 aliphatic carbocycles. The molecule has 5 heteroatoms. The molecule has 0 amide bonds. The van der Waals surface area contributed by atoms with Crippen LogP contribution in [0.4, 0.5) is 0 Å². The molecule has 0 aromatic rings. The van der Waals surface area contributed by atoms with Gasteiger partial charge in [-0.2, -0.15) is 0 Å². The predicted octanol–water partition coefficient (Wildman–Crippen LogP) is -2.07. The topological polar surface area (TPSA) is 34.1 Å². The van der Waals surface area contributed by atoms with Gasteiger partial charge in [0.25, 0.3) is 0 Å². The van der Waals surface area contributed by atoms with E-state index in [1.807, 2.05) is 0 Å². The minimum absolute atomic E-state index is 0. The van der Waals surface area contributed by atoms with Crippen molar-refractivity contribution in [2.45, 2.75) is 0 Å². The second kappa shape index (κ2) is 17.7. The molecule has 0 spiro atoms. The van der Waals surface area contributed by atoms with Crippen molar-refractivity contribution >= 4 is 38.7 Å². The average Bonchev–Trinajstić information content (AvgIpc) is 0.918. The van der Waals surface area contributed by atoms with Gasteiger partial charge in [-0.15, -0.1) is 0 Å².